The van der Waals surface area contributed by atoms with E-state index in [-0.39, 0.29) is 5.91 Å². The molecule has 0 N–H and O–H groups in total. The van der Waals surface area contributed by atoms with Crippen molar-refractivity contribution >= 4 is 17.7 Å². The van der Waals surface area contributed by atoms with Gasteiger partial charge in [-0.15, -0.1) is 0 Å². The molecule has 35 heavy (non-hydrogen) atoms. The number of piperazine rings is 1. The van der Waals surface area contributed by atoms with Crippen molar-refractivity contribution in [1.29, 1.82) is 0 Å². The minimum atomic E-state index is -0.00202. The van der Waals surface area contributed by atoms with Crippen LogP contribution in [-0.4, -0.2) is 58.9 Å². The second-order valence-electron chi connectivity index (χ2n) is 8.27. The van der Waals surface area contributed by atoms with Crippen molar-refractivity contribution in [3.63, 3.8) is 0 Å². The number of hydrogen-bond donors (Lipinski definition) is 0. The van der Waals surface area contributed by atoms with Crippen molar-refractivity contribution in [2.75, 3.05) is 38.2 Å². The quantitative estimate of drug-likeness (QED) is 0.397. The molecule has 0 unspecified atom stereocenters. The number of benzene rings is 2. The number of anilines is 1. The van der Waals surface area contributed by atoms with Gasteiger partial charge in [-0.1, -0.05) is 30.3 Å². The first-order chi connectivity index (χ1) is 17.2. The van der Waals surface area contributed by atoms with Crippen LogP contribution in [0.3, 0.4) is 0 Å². The normalized spacial score (nSPS) is 13.9. The zero-order valence-electron chi connectivity index (χ0n) is 19.6. The summed E-state index contributed by atoms with van der Waals surface area (Å²) in [4.78, 5) is 21.3. The van der Waals surface area contributed by atoms with Crippen LogP contribution in [0.5, 0.6) is 5.75 Å². The number of ether oxygens (including phenoxy) is 1. The fraction of sp³-hybridized carbons (Fsp3) is 0.179. The molecular weight excluding hydrogens is 438 g/mol. The molecule has 0 atom stereocenters. The number of carbonyl (C=O) groups excluding carboxylic acids is 1. The number of amides is 1. The van der Waals surface area contributed by atoms with E-state index in [9.17, 15) is 4.79 Å². The third-order valence-corrected chi connectivity index (χ3v) is 6.14. The SMILES string of the molecule is COc1ccccc1N1CCN(C(=O)/C=C/c2cn(-c3ccccc3)nc2-c2ccncc2)CC1. The van der Waals surface area contributed by atoms with Gasteiger partial charge in [-0.2, -0.15) is 5.10 Å². The Morgan fingerprint density at radius 2 is 1.63 bits per heavy atom. The van der Waals surface area contributed by atoms with Crippen molar-refractivity contribution in [3.8, 4) is 22.7 Å². The Morgan fingerprint density at radius 1 is 0.914 bits per heavy atom. The zero-order valence-corrected chi connectivity index (χ0v) is 19.6. The van der Waals surface area contributed by atoms with Crippen molar-refractivity contribution in [3.05, 3.63) is 97.0 Å². The summed E-state index contributed by atoms with van der Waals surface area (Å²) in [5.74, 6) is 0.851. The largest absolute Gasteiger partial charge is 0.495 e. The Balaban J connectivity index is 1.32. The predicted octanol–water partition coefficient (Wildman–Crippen LogP) is 4.30. The standard InChI is InChI=1S/C28H27N5O2/c1-35-26-10-6-5-9-25(26)31-17-19-32(20-18-31)27(34)12-11-23-21-33(24-7-3-2-4-8-24)30-28(23)22-13-15-29-16-14-22/h2-16,21H,17-20H2,1H3/b12-11+. The van der Waals surface area contributed by atoms with Crippen LogP contribution in [0.15, 0.2) is 91.4 Å². The van der Waals surface area contributed by atoms with Gasteiger partial charge in [0.05, 0.1) is 18.5 Å². The van der Waals surface area contributed by atoms with Crippen LogP contribution in [0.1, 0.15) is 5.56 Å². The fourth-order valence-corrected chi connectivity index (χ4v) is 4.28. The monoisotopic (exact) mass is 465 g/mol. The van der Waals surface area contributed by atoms with Gasteiger partial charge in [-0.05, 0) is 42.5 Å². The van der Waals surface area contributed by atoms with Crippen LogP contribution in [0, 0.1) is 0 Å². The number of methoxy groups -OCH3 is 1. The highest BCUT2D eigenvalue weighted by molar-refractivity contribution is 5.93. The Morgan fingerprint density at radius 3 is 2.37 bits per heavy atom. The van der Waals surface area contributed by atoms with E-state index in [1.165, 1.54) is 0 Å². The van der Waals surface area contributed by atoms with E-state index in [0.29, 0.717) is 13.1 Å². The van der Waals surface area contributed by atoms with Crippen molar-refractivity contribution in [1.82, 2.24) is 19.7 Å². The van der Waals surface area contributed by atoms with Gasteiger partial charge in [0.25, 0.3) is 0 Å². The van der Waals surface area contributed by atoms with Gasteiger partial charge < -0.3 is 14.5 Å². The number of nitrogens with zero attached hydrogens (tertiary/aromatic N) is 5. The third kappa shape index (κ3) is 4.94. The molecule has 0 radical (unpaired) electrons. The summed E-state index contributed by atoms with van der Waals surface area (Å²) in [6.45, 7) is 2.83. The molecule has 5 rings (SSSR count). The molecule has 1 fully saturated rings. The third-order valence-electron chi connectivity index (χ3n) is 6.14. The summed E-state index contributed by atoms with van der Waals surface area (Å²) < 4.78 is 7.34. The number of hydrogen-bond acceptors (Lipinski definition) is 5. The molecule has 7 heteroatoms. The first kappa shape index (κ1) is 22.4. The summed E-state index contributed by atoms with van der Waals surface area (Å²) in [5.41, 5.74) is 4.66. The smallest absolute Gasteiger partial charge is 0.246 e. The molecule has 4 aromatic rings. The fourth-order valence-electron chi connectivity index (χ4n) is 4.28. The maximum atomic E-state index is 13.0. The van der Waals surface area contributed by atoms with E-state index in [4.69, 9.17) is 9.84 Å². The highest BCUT2D eigenvalue weighted by Gasteiger charge is 2.22. The van der Waals surface area contributed by atoms with E-state index in [1.807, 2.05) is 82.5 Å². The van der Waals surface area contributed by atoms with E-state index in [0.717, 1.165) is 47.0 Å². The maximum Gasteiger partial charge on any atom is 0.246 e. The van der Waals surface area contributed by atoms with E-state index in [1.54, 1.807) is 25.6 Å². The van der Waals surface area contributed by atoms with Crippen LogP contribution in [0.2, 0.25) is 0 Å². The average Bonchev–Trinajstić information content (AvgIpc) is 3.37. The summed E-state index contributed by atoms with van der Waals surface area (Å²) >= 11 is 0. The number of para-hydroxylation sites is 3. The summed E-state index contributed by atoms with van der Waals surface area (Å²) in [6, 6.07) is 21.8. The minimum absolute atomic E-state index is 0.00202. The molecule has 0 saturated carbocycles. The first-order valence-corrected chi connectivity index (χ1v) is 11.6. The lowest BCUT2D eigenvalue weighted by Crippen LogP contribution is -2.48. The maximum absolute atomic E-state index is 13.0. The molecule has 0 aliphatic carbocycles. The molecule has 1 aliphatic heterocycles. The Hall–Kier alpha value is -4.39. The number of aromatic nitrogens is 3. The molecular formula is C28H27N5O2. The molecule has 0 bridgehead atoms. The molecule has 0 spiro atoms. The lowest BCUT2D eigenvalue weighted by Gasteiger charge is -2.36. The van der Waals surface area contributed by atoms with E-state index < -0.39 is 0 Å². The lowest BCUT2D eigenvalue weighted by molar-refractivity contribution is -0.126. The Labute approximate surface area is 204 Å². The molecule has 3 heterocycles. The van der Waals surface area contributed by atoms with Crippen LogP contribution in [0.25, 0.3) is 23.0 Å². The van der Waals surface area contributed by atoms with Crippen LogP contribution in [-0.2, 0) is 4.79 Å². The van der Waals surface area contributed by atoms with Gasteiger partial charge in [0.2, 0.25) is 5.91 Å². The van der Waals surface area contributed by atoms with Crippen molar-refractivity contribution < 1.29 is 9.53 Å². The van der Waals surface area contributed by atoms with Gasteiger partial charge in [0, 0.05) is 62.0 Å². The summed E-state index contributed by atoms with van der Waals surface area (Å²) in [5, 5.41) is 4.80. The number of pyridine rings is 1. The molecule has 1 saturated heterocycles. The van der Waals surface area contributed by atoms with E-state index in [2.05, 4.69) is 16.0 Å². The van der Waals surface area contributed by atoms with Crippen LogP contribution in [0.4, 0.5) is 5.69 Å². The zero-order chi connectivity index (χ0) is 24.0. The number of rotatable bonds is 6. The summed E-state index contributed by atoms with van der Waals surface area (Å²) in [6.07, 6.45) is 8.95. The second kappa shape index (κ2) is 10.3. The molecule has 7 nitrogen and oxygen atoms in total. The molecule has 176 valence electrons. The second-order valence-corrected chi connectivity index (χ2v) is 8.27. The van der Waals surface area contributed by atoms with Gasteiger partial charge in [0.15, 0.2) is 0 Å². The van der Waals surface area contributed by atoms with Gasteiger partial charge >= 0.3 is 0 Å². The average molecular weight is 466 g/mol. The summed E-state index contributed by atoms with van der Waals surface area (Å²) in [7, 11) is 1.68. The van der Waals surface area contributed by atoms with Crippen LogP contribution >= 0.6 is 0 Å². The first-order valence-electron chi connectivity index (χ1n) is 11.6. The predicted molar refractivity (Wildman–Crippen MR) is 138 cm³/mol. The number of carbonyl (C=O) groups is 1. The molecule has 2 aromatic heterocycles. The van der Waals surface area contributed by atoms with E-state index >= 15 is 0 Å². The Kier molecular flexibility index (Phi) is 6.57. The van der Waals surface area contributed by atoms with Crippen molar-refractivity contribution in [2.45, 2.75) is 0 Å². The Bertz CT molecular complexity index is 1310. The molecule has 1 aliphatic rings. The highest BCUT2D eigenvalue weighted by atomic mass is 16.5. The lowest BCUT2D eigenvalue weighted by atomic mass is 10.1. The van der Waals surface area contributed by atoms with Crippen molar-refractivity contribution in [2.24, 2.45) is 0 Å². The van der Waals surface area contributed by atoms with Crippen LogP contribution < -0.4 is 9.64 Å². The van der Waals surface area contributed by atoms with Gasteiger partial charge in [0.1, 0.15) is 11.4 Å². The van der Waals surface area contributed by atoms with Gasteiger partial charge in [-0.25, -0.2) is 4.68 Å². The highest BCUT2D eigenvalue weighted by Crippen LogP contribution is 2.28. The topological polar surface area (TPSA) is 63.5 Å². The van der Waals surface area contributed by atoms with Gasteiger partial charge in [-0.3, -0.25) is 9.78 Å². The molecule has 1 amide bonds. The molecule has 2 aromatic carbocycles. The minimum Gasteiger partial charge on any atom is -0.495 e.